The summed E-state index contributed by atoms with van der Waals surface area (Å²) in [7, 11) is 0. The van der Waals surface area contributed by atoms with Crippen LogP contribution in [-0.2, 0) is 6.54 Å². The molecule has 0 atom stereocenters. The predicted octanol–water partition coefficient (Wildman–Crippen LogP) is 1.12. The van der Waals surface area contributed by atoms with Gasteiger partial charge in [0.1, 0.15) is 11.3 Å². The molecule has 0 saturated carbocycles. The zero-order valence-electron chi connectivity index (χ0n) is 10.1. The van der Waals surface area contributed by atoms with Gasteiger partial charge >= 0.3 is 5.97 Å². The Morgan fingerprint density at radius 3 is 2.59 bits per heavy atom. The van der Waals surface area contributed by atoms with E-state index in [1.54, 1.807) is 0 Å². The summed E-state index contributed by atoms with van der Waals surface area (Å²) in [5.74, 6) is -0.358. The number of carboxylic acid groups (broad SMARTS) is 1. The van der Waals surface area contributed by atoms with E-state index in [0.717, 1.165) is 32.7 Å². The number of carboxylic acids is 1. The van der Waals surface area contributed by atoms with Crippen LogP contribution in [0.1, 0.15) is 23.0 Å². The van der Waals surface area contributed by atoms with E-state index in [1.165, 1.54) is 12.3 Å². The maximum absolute atomic E-state index is 10.9. The Bertz CT molecular complexity index is 381. The first-order valence-electron chi connectivity index (χ1n) is 5.95. The van der Waals surface area contributed by atoms with Gasteiger partial charge in [0.15, 0.2) is 0 Å². The second kappa shape index (κ2) is 5.33. The highest BCUT2D eigenvalue weighted by molar-refractivity contribution is 5.88. The molecule has 0 unspecified atom stereocenters. The smallest absolute Gasteiger partial charge is 0.339 e. The molecule has 0 bridgehead atoms. The van der Waals surface area contributed by atoms with Crippen LogP contribution in [0.25, 0.3) is 0 Å². The van der Waals surface area contributed by atoms with Crippen molar-refractivity contribution in [3.05, 3.63) is 23.7 Å². The summed E-state index contributed by atoms with van der Waals surface area (Å²) in [5.41, 5.74) is 0.280. The quantitative estimate of drug-likeness (QED) is 0.851. The molecule has 0 radical (unpaired) electrons. The first-order valence-corrected chi connectivity index (χ1v) is 5.95. The van der Waals surface area contributed by atoms with Crippen molar-refractivity contribution in [2.24, 2.45) is 0 Å². The van der Waals surface area contributed by atoms with Crippen molar-refractivity contribution in [2.45, 2.75) is 13.5 Å². The largest absolute Gasteiger partial charge is 0.478 e. The first-order chi connectivity index (χ1) is 8.20. The Labute approximate surface area is 101 Å². The fraction of sp³-hybridized carbons (Fsp3) is 0.583. The highest BCUT2D eigenvalue weighted by Gasteiger charge is 2.20. The molecule has 1 aliphatic heterocycles. The van der Waals surface area contributed by atoms with Gasteiger partial charge in [-0.3, -0.25) is 4.90 Å². The van der Waals surface area contributed by atoms with Crippen molar-refractivity contribution in [3.63, 3.8) is 0 Å². The van der Waals surface area contributed by atoms with E-state index >= 15 is 0 Å². The lowest BCUT2D eigenvalue weighted by Gasteiger charge is -2.33. The van der Waals surface area contributed by atoms with Gasteiger partial charge in [0, 0.05) is 26.2 Å². The van der Waals surface area contributed by atoms with Gasteiger partial charge in [-0.15, -0.1) is 0 Å². The van der Waals surface area contributed by atoms with Gasteiger partial charge in [0.2, 0.25) is 0 Å². The molecule has 2 heterocycles. The standard InChI is InChI=1S/C12H18N2O3/c1-2-13-4-6-14(7-5-13)9-11-10(12(15)16)3-8-17-11/h3,8H,2,4-7,9H2,1H3,(H,15,16). The first kappa shape index (κ1) is 12.1. The number of aromatic carboxylic acids is 1. The summed E-state index contributed by atoms with van der Waals surface area (Å²) in [6.45, 7) is 7.84. The van der Waals surface area contributed by atoms with Gasteiger partial charge in [-0.1, -0.05) is 6.92 Å². The summed E-state index contributed by atoms with van der Waals surface area (Å²) < 4.78 is 5.25. The highest BCUT2D eigenvalue weighted by Crippen LogP contribution is 2.14. The summed E-state index contributed by atoms with van der Waals surface area (Å²) in [6.07, 6.45) is 1.45. The van der Waals surface area contributed by atoms with Crippen molar-refractivity contribution >= 4 is 5.97 Å². The van der Waals surface area contributed by atoms with Crippen LogP contribution >= 0.6 is 0 Å². The van der Waals surface area contributed by atoms with Gasteiger partial charge in [-0.25, -0.2) is 4.79 Å². The monoisotopic (exact) mass is 238 g/mol. The van der Waals surface area contributed by atoms with Crippen LogP contribution in [0.2, 0.25) is 0 Å². The van der Waals surface area contributed by atoms with Crippen LogP contribution in [0, 0.1) is 0 Å². The number of furan rings is 1. The molecule has 1 N–H and O–H groups in total. The van der Waals surface area contributed by atoms with Crippen LogP contribution < -0.4 is 0 Å². The van der Waals surface area contributed by atoms with E-state index < -0.39 is 5.97 Å². The Morgan fingerprint density at radius 1 is 1.35 bits per heavy atom. The Balaban J connectivity index is 1.93. The number of likely N-dealkylation sites (N-methyl/N-ethyl adjacent to an activating group) is 1. The van der Waals surface area contributed by atoms with E-state index in [-0.39, 0.29) is 5.56 Å². The molecule has 1 fully saturated rings. The van der Waals surface area contributed by atoms with Crippen molar-refractivity contribution in [1.82, 2.24) is 9.80 Å². The molecule has 1 saturated heterocycles. The minimum absolute atomic E-state index is 0.280. The van der Waals surface area contributed by atoms with Crippen LogP contribution in [0.4, 0.5) is 0 Å². The SMILES string of the molecule is CCN1CCN(Cc2occc2C(=O)O)CC1. The van der Waals surface area contributed by atoms with E-state index in [4.69, 9.17) is 9.52 Å². The molecule has 1 aromatic heterocycles. The van der Waals surface area contributed by atoms with Crippen molar-refractivity contribution < 1.29 is 14.3 Å². The molecule has 17 heavy (non-hydrogen) atoms. The third-order valence-electron chi connectivity index (χ3n) is 3.26. The number of hydrogen-bond donors (Lipinski definition) is 1. The van der Waals surface area contributed by atoms with Gasteiger partial charge in [0.05, 0.1) is 12.8 Å². The average molecular weight is 238 g/mol. The summed E-state index contributed by atoms with van der Waals surface area (Å²) in [5, 5.41) is 8.98. The van der Waals surface area contributed by atoms with Crippen molar-refractivity contribution in [3.8, 4) is 0 Å². The number of carbonyl (C=O) groups is 1. The minimum Gasteiger partial charge on any atom is -0.478 e. The average Bonchev–Trinajstić information content (AvgIpc) is 2.78. The molecule has 1 aliphatic rings. The molecule has 0 aromatic carbocycles. The second-order valence-electron chi connectivity index (χ2n) is 4.27. The maximum Gasteiger partial charge on any atom is 0.339 e. The van der Waals surface area contributed by atoms with Crippen molar-refractivity contribution in [1.29, 1.82) is 0 Å². The molecular formula is C12H18N2O3. The fourth-order valence-electron chi connectivity index (χ4n) is 2.12. The normalized spacial score (nSPS) is 18.4. The van der Waals surface area contributed by atoms with Gasteiger partial charge < -0.3 is 14.4 Å². The van der Waals surface area contributed by atoms with Crippen LogP contribution in [-0.4, -0.2) is 53.6 Å². The summed E-state index contributed by atoms with van der Waals surface area (Å²) >= 11 is 0. The molecule has 2 rings (SSSR count). The predicted molar refractivity (Wildman–Crippen MR) is 63.1 cm³/mol. The number of nitrogens with zero attached hydrogens (tertiary/aromatic N) is 2. The van der Waals surface area contributed by atoms with Crippen LogP contribution in [0.3, 0.4) is 0 Å². The summed E-state index contributed by atoms with van der Waals surface area (Å²) in [4.78, 5) is 15.6. The van der Waals surface area contributed by atoms with Crippen LogP contribution in [0.5, 0.6) is 0 Å². The lowest BCUT2D eigenvalue weighted by molar-refractivity contribution is 0.0690. The molecular weight excluding hydrogens is 220 g/mol. The molecule has 94 valence electrons. The van der Waals surface area contributed by atoms with Gasteiger partial charge in [-0.05, 0) is 12.6 Å². The molecule has 5 heteroatoms. The van der Waals surface area contributed by atoms with Crippen LogP contribution in [0.15, 0.2) is 16.7 Å². The van der Waals surface area contributed by atoms with Gasteiger partial charge in [-0.2, -0.15) is 0 Å². The maximum atomic E-state index is 10.9. The van der Waals surface area contributed by atoms with E-state index in [0.29, 0.717) is 12.3 Å². The third-order valence-corrected chi connectivity index (χ3v) is 3.26. The fourth-order valence-corrected chi connectivity index (χ4v) is 2.12. The highest BCUT2D eigenvalue weighted by atomic mass is 16.4. The molecule has 1 aromatic rings. The molecule has 0 aliphatic carbocycles. The van der Waals surface area contributed by atoms with Gasteiger partial charge in [0.25, 0.3) is 0 Å². The Kier molecular flexibility index (Phi) is 3.81. The lowest BCUT2D eigenvalue weighted by atomic mass is 10.2. The summed E-state index contributed by atoms with van der Waals surface area (Å²) in [6, 6.07) is 1.51. The Hall–Kier alpha value is -1.33. The van der Waals surface area contributed by atoms with E-state index in [9.17, 15) is 4.79 Å². The lowest BCUT2D eigenvalue weighted by Crippen LogP contribution is -2.45. The zero-order valence-corrected chi connectivity index (χ0v) is 10.1. The number of hydrogen-bond acceptors (Lipinski definition) is 4. The molecule has 0 amide bonds. The molecule has 0 spiro atoms. The number of piperazine rings is 1. The van der Waals surface area contributed by atoms with E-state index in [1.807, 2.05) is 0 Å². The molecule has 5 nitrogen and oxygen atoms in total. The zero-order chi connectivity index (χ0) is 12.3. The number of rotatable bonds is 4. The third kappa shape index (κ3) is 2.87. The van der Waals surface area contributed by atoms with E-state index in [2.05, 4.69) is 16.7 Å². The Morgan fingerprint density at radius 2 is 2.00 bits per heavy atom. The minimum atomic E-state index is -0.916. The van der Waals surface area contributed by atoms with Crippen molar-refractivity contribution in [2.75, 3.05) is 32.7 Å². The topological polar surface area (TPSA) is 56.9 Å². The second-order valence-corrected chi connectivity index (χ2v) is 4.27.